The highest BCUT2D eigenvalue weighted by Crippen LogP contribution is 2.36. The molecule has 0 radical (unpaired) electrons. The van der Waals surface area contributed by atoms with Crippen LogP contribution in [0.25, 0.3) is 0 Å². The summed E-state index contributed by atoms with van der Waals surface area (Å²) in [5, 5.41) is 13.7. The predicted molar refractivity (Wildman–Crippen MR) is 103 cm³/mol. The van der Waals surface area contributed by atoms with Gasteiger partial charge in [0.05, 0.1) is 25.8 Å². The van der Waals surface area contributed by atoms with E-state index in [0.717, 1.165) is 0 Å². The van der Waals surface area contributed by atoms with Crippen molar-refractivity contribution in [2.45, 2.75) is 32.4 Å². The molecule has 0 bridgehead atoms. The van der Waals surface area contributed by atoms with Crippen LogP contribution < -0.4 is 25.0 Å². The average molecular weight is 407 g/mol. The van der Waals surface area contributed by atoms with Gasteiger partial charge in [-0.15, -0.1) is 0 Å². The number of carbonyl (C=O) groups is 4. The van der Waals surface area contributed by atoms with Crippen LogP contribution in [-0.2, 0) is 19.2 Å². The van der Waals surface area contributed by atoms with Crippen LogP contribution in [0.3, 0.4) is 0 Å². The van der Waals surface area contributed by atoms with Crippen LogP contribution in [0.5, 0.6) is 11.5 Å². The maximum Gasteiger partial charge on any atom is 0.325 e. The highest BCUT2D eigenvalue weighted by Gasteiger charge is 2.37. The molecule has 0 saturated carbocycles. The fourth-order valence-corrected chi connectivity index (χ4v) is 2.92. The molecule has 10 heteroatoms. The average Bonchev–Trinajstić information content (AvgIpc) is 3.08. The Labute approximate surface area is 168 Å². The molecule has 1 fully saturated rings. The Bertz CT molecular complexity index is 811. The first kappa shape index (κ1) is 22.0. The van der Waals surface area contributed by atoms with Crippen LogP contribution in [0, 0.1) is 5.92 Å². The molecule has 0 aliphatic carbocycles. The van der Waals surface area contributed by atoms with E-state index in [1.807, 2.05) is 0 Å². The summed E-state index contributed by atoms with van der Waals surface area (Å²) in [5.41, 5.74) is 0.494. The number of carboxylic acids is 1. The number of amides is 3. The van der Waals surface area contributed by atoms with E-state index in [2.05, 4.69) is 10.6 Å². The molecular formula is C19H25N3O7. The number of ether oxygens (including phenoxy) is 2. The number of nitrogens with zero attached hydrogens (tertiary/aromatic N) is 1. The fraction of sp³-hybridized carbons (Fsp3) is 0.474. The van der Waals surface area contributed by atoms with Crippen LogP contribution in [0.1, 0.15) is 20.3 Å². The Morgan fingerprint density at radius 3 is 2.41 bits per heavy atom. The monoisotopic (exact) mass is 407 g/mol. The van der Waals surface area contributed by atoms with Crippen molar-refractivity contribution in [1.82, 2.24) is 10.6 Å². The van der Waals surface area contributed by atoms with Gasteiger partial charge in [-0.2, -0.15) is 0 Å². The summed E-state index contributed by atoms with van der Waals surface area (Å²) in [4.78, 5) is 49.3. The summed E-state index contributed by atoms with van der Waals surface area (Å²) in [5.74, 6) is -2.17. The van der Waals surface area contributed by atoms with Gasteiger partial charge in [0.25, 0.3) is 0 Å². The van der Waals surface area contributed by atoms with E-state index >= 15 is 0 Å². The third-order valence-electron chi connectivity index (χ3n) is 4.65. The predicted octanol–water partition coefficient (Wildman–Crippen LogP) is 0.151. The number of hydrogen-bond acceptors (Lipinski definition) is 6. The van der Waals surface area contributed by atoms with Crippen molar-refractivity contribution < 1.29 is 33.8 Å². The standard InChI is InChI=1S/C19H25N3O7/c1-10(17(24)21-11(2)19(26)27)20-18(25)12-7-16(23)22(9-12)14-8-13(28-3)5-6-15(14)29-4/h5-6,8,10-12H,7,9H2,1-4H3,(H,20,25)(H,21,24)(H,26,27). The first-order valence-electron chi connectivity index (χ1n) is 9.03. The molecule has 1 aromatic rings. The molecule has 10 nitrogen and oxygen atoms in total. The number of hydrogen-bond donors (Lipinski definition) is 3. The number of methoxy groups -OCH3 is 2. The minimum absolute atomic E-state index is 0.0218. The van der Waals surface area contributed by atoms with Crippen LogP contribution >= 0.6 is 0 Å². The summed E-state index contributed by atoms with van der Waals surface area (Å²) >= 11 is 0. The largest absolute Gasteiger partial charge is 0.497 e. The van der Waals surface area contributed by atoms with E-state index in [-0.39, 0.29) is 18.9 Å². The van der Waals surface area contributed by atoms with Gasteiger partial charge in [0.2, 0.25) is 17.7 Å². The maximum absolute atomic E-state index is 12.5. The minimum Gasteiger partial charge on any atom is -0.497 e. The van der Waals surface area contributed by atoms with Gasteiger partial charge in [-0.3, -0.25) is 19.2 Å². The lowest BCUT2D eigenvalue weighted by Gasteiger charge is -2.21. The zero-order valence-corrected chi connectivity index (χ0v) is 16.7. The van der Waals surface area contributed by atoms with Crippen molar-refractivity contribution in [1.29, 1.82) is 0 Å². The van der Waals surface area contributed by atoms with Crippen LogP contribution in [0.2, 0.25) is 0 Å². The van der Waals surface area contributed by atoms with Crippen molar-refractivity contribution in [2.75, 3.05) is 25.7 Å². The second-order valence-electron chi connectivity index (χ2n) is 6.74. The number of carboxylic acid groups (broad SMARTS) is 1. The van der Waals surface area contributed by atoms with Gasteiger partial charge < -0.3 is 30.1 Å². The van der Waals surface area contributed by atoms with E-state index < -0.39 is 35.8 Å². The third-order valence-corrected chi connectivity index (χ3v) is 4.65. The molecule has 1 saturated heterocycles. The number of anilines is 1. The Balaban J connectivity index is 2.05. The van der Waals surface area contributed by atoms with Gasteiger partial charge in [0.1, 0.15) is 23.6 Å². The zero-order valence-electron chi connectivity index (χ0n) is 16.7. The third kappa shape index (κ3) is 5.15. The molecule has 1 heterocycles. The Kier molecular flexibility index (Phi) is 7.03. The van der Waals surface area contributed by atoms with E-state index in [0.29, 0.717) is 17.2 Å². The SMILES string of the molecule is COc1ccc(OC)c(N2CC(C(=O)NC(C)C(=O)NC(C)C(=O)O)CC2=O)c1. The van der Waals surface area contributed by atoms with E-state index in [1.165, 1.54) is 33.0 Å². The minimum atomic E-state index is -1.18. The molecule has 3 atom stereocenters. The molecule has 0 aromatic heterocycles. The van der Waals surface area contributed by atoms with Crippen LogP contribution in [0.4, 0.5) is 5.69 Å². The fourth-order valence-electron chi connectivity index (χ4n) is 2.92. The molecule has 3 unspecified atom stereocenters. The summed E-state index contributed by atoms with van der Waals surface area (Å²) in [6, 6.07) is 3.00. The van der Waals surface area contributed by atoms with Gasteiger partial charge in [-0.1, -0.05) is 0 Å². The van der Waals surface area contributed by atoms with Crippen molar-refractivity contribution in [3.63, 3.8) is 0 Å². The zero-order chi connectivity index (χ0) is 21.7. The molecule has 158 valence electrons. The lowest BCUT2D eigenvalue weighted by Crippen LogP contribution is -2.50. The summed E-state index contributed by atoms with van der Waals surface area (Å²) < 4.78 is 10.5. The number of nitrogens with one attached hydrogen (secondary N) is 2. The van der Waals surface area contributed by atoms with Crippen LogP contribution in [0.15, 0.2) is 18.2 Å². The number of rotatable bonds is 8. The van der Waals surface area contributed by atoms with E-state index in [1.54, 1.807) is 18.2 Å². The summed E-state index contributed by atoms with van der Waals surface area (Å²) in [7, 11) is 2.99. The van der Waals surface area contributed by atoms with Gasteiger partial charge in [-0.05, 0) is 26.0 Å². The summed E-state index contributed by atoms with van der Waals surface area (Å²) in [6.45, 7) is 2.89. The van der Waals surface area contributed by atoms with Crippen molar-refractivity contribution >= 4 is 29.4 Å². The van der Waals surface area contributed by atoms with E-state index in [9.17, 15) is 19.2 Å². The molecule has 3 amide bonds. The number of aliphatic carboxylic acids is 1. The van der Waals surface area contributed by atoms with Crippen molar-refractivity contribution in [2.24, 2.45) is 5.92 Å². The number of benzene rings is 1. The van der Waals surface area contributed by atoms with E-state index in [4.69, 9.17) is 14.6 Å². The Hall–Kier alpha value is -3.30. The molecule has 3 N–H and O–H groups in total. The molecular weight excluding hydrogens is 382 g/mol. The van der Waals surface area contributed by atoms with Crippen molar-refractivity contribution in [3.05, 3.63) is 18.2 Å². The van der Waals surface area contributed by atoms with Gasteiger partial charge in [0, 0.05) is 19.0 Å². The maximum atomic E-state index is 12.5. The molecule has 29 heavy (non-hydrogen) atoms. The quantitative estimate of drug-likeness (QED) is 0.558. The molecule has 0 spiro atoms. The Morgan fingerprint density at radius 1 is 1.14 bits per heavy atom. The van der Waals surface area contributed by atoms with Crippen LogP contribution in [-0.4, -0.2) is 61.6 Å². The normalized spacial score (nSPS) is 18.0. The smallest absolute Gasteiger partial charge is 0.325 e. The molecule has 2 rings (SSSR count). The Morgan fingerprint density at radius 2 is 1.83 bits per heavy atom. The molecule has 1 aliphatic rings. The lowest BCUT2D eigenvalue weighted by atomic mass is 10.1. The second-order valence-corrected chi connectivity index (χ2v) is 6.74. The highest BCUT2D eigenvalue weighted by atomic mass is 16.5. The topological polar surface area (TPSA) is 134 Å². The first-order chi connectivity index (χ1) is 13.7. The van der Waals surface area contributed by atoms with Gasteiger partial charge in [-0.25, -0.2) is 0 Å². The highest BCUT2D eigenvalue weighted by molar-refractivity contribution is 6.02. The number of carbonyl (C=O) groups excluding carboxylic acids is 3. The molecule has 1 aromatic carbocycles. The second kappa shape index (κ2) is 9.26. The molecule has 1 aliphatic heterocycles. The van der Waals surface area contributed by atoms with Gasteiger partial charge in [0.15, 0.2) is 0 Å². The lowest BCUT2D eigenvalue weighted by molar-refractivity contribution is -0.141. The summed E-state index contributed by atoms with van der Waals surface area (Å²) in [6.07, 6.45) is -0.0218. The van der Waals surface area contributed by atoms with Crippen molar-refractivity contribution in [3.8, 4) is 11.5 Å². The first-order valence-corrected chi connectivity index (χ1v) is 9.03. The van der Waals surface area contributed by atoms with Gasteiger partial charge >= 0.3 is 5.97 Å².